The fourth-order valence-corrected chi connectivity index (χ4v) is 8.68. The van der Waals surface area contributed by atoms with Crippen molar-refractivity contribution in [3.8, 4) is 0 Å². The third-order valence-electron chi connectivity index (χ3n) is 10.5. The van der Waals surface area contributed by atoms with E-state index >= 15 is 4.39 Å². The lowest BCUT2D eigenvalue weighted by Crippen LogP contribution is -2.52. The van der Waals surface area contributed by atoms with Crippen LogP contribution in [0.25, 0.3) is 0 Å². The Morgan fingerprint density at radius 3 is 2.61 bits per heavy atom. The maximum atomic E-state index is 16.0. The van der Waals surface area contributed by atoms with Crippen molar-refractivity contribution in [3.63, 3.8) is 0 Å². The van der Waals surface area contributed by atoms with E-state index in [1.54, 1.807) is 12.1 Å². The molecule has 0 aromatic carbocycles. The van der Waals surface area contributed by atoms with Crippen LogP contribution in [-0.2, 0) is 19.7 Å². The zero-order chi connectivity index (χ0) is 29.2. The maximum absolute atomic E-state index is 16.0. The van der Waals surface area contributed by atoms with Crippen LogP contribution in [0.2, 0.25) is 10.3 Å². The van der Waals surface area contributed by atoms with Gasteiger partial charge in [0.1, 0.15) is 16.8 Å². The van der Waals surface area contributed by atoms with Gasteiger partial charge in [0.15, 0.2) is 11.0 Å². The number of amides is 1. The maximum Gasteiger partial charge on any atom is 0.237 e. The summed E-state index contributed by atoms with van der Waals surface area (Å²) in [6.07, 6.45) is 6.63. The van der Waals surface area contributed by atoms with Gasteiger partial charge in [-0.3, -0.25) is 9.59 Å². The molecule has 1 amide bonds. The minimum absolute atomic E-state index is 0.000205. The first kappa shape index (κ1) is 29.0. The number of pyridine rings is 2. The molecule has 2 aromatic rings. The zero-order valence-corrected chi connectivity index (χ0v) is 24.9. The van der Waals surface area contributed by atoms with Crippen molar-refractivity contribution in [1.82, 2.24) is 9.97 Å². The number of anilines is 1. The summed E-state index contributed by atoms with van der Waals surface area (Å²) in [5.41, 5.74) is -0.818. The minimum Gasteiger partial charge on any atom is -0.394 e. The van der Waals surface area contributed by atoms with Gasteiger partial charge < -0.3 is 15.2 Å². The fraction of sp³-hybridized carbons (Fsp3) is 0.613. The third-order valence-corrected chi connectivity index (χ3v) is 11.0. The predicted molar refractivity (Wildman–Crippen MR) is 153 cm³/mol. The Hall–Kier alpha value is -2.13. The Kier molecular flexibility index (Phi) is 7.45. The number of hydrogen-bond acceptors (Lipinski definition) is 6. The number of rotatable bonds is 5. The van der Waals surface area contributed by atoms with E-state index in [4.69, 9.17) is 27.9 Å². The van der Waals surface area contributed by atoms with E-state index in [0.717, 1.165) is 32.1 Å². The van der Waals surface area contributed by atoms with E-state index in [0.29, 0.717) is 30.8 Å². The topological polar surface area (TPSA) is 101 Å². The molecule has 2 aliphatic heterocycles. The highest BCUT2D eigenvalue weighted by molar-refractivity contribution is 6.30. The first-order valence-electron chi connectivity index (χ1n) is 14.5. The number of nitrogens with one attached hydrogen (secondary N) is 1. The van der Waals surface area contributed by atoms with Crippen molar-refractivity contribution >= 4 is 40.7 Å². The van der Waals surface area contributed by atoms with Crippen LogP contribution >= 0.6 is 23.2 Å². The molecule has 2 spiro atoms. The number of nitrogens with zero attached hydrogens (tertiary/aromatic N) is 2. The van der Waals surface area contributed by atoms with Crippen LogP contribution in [0.3, 0.4) is 0 Å². The minimum atomic E-state index is -1.23. The van der Waals surface area contributed by atoms with Crippen molar-refractivity contribution in [2.45, 2.75) is 82.7 Å². The lowest BCUT2D eigenvalue weighted by Gasteiger charge is -2.50. The zero-order valence-electron chi connectivity index (χ0n) is 23.4. The molecule has 0 bridgehead atoms. The molecule has 2 N–H and O–H groups in total. The van der Waals surface area contributed by atoms with Crippen LogP contribution < -0.4 is 5.32 Å². The molecule has 7 nitrogen and oxygen atoms in total. The molecule has 6 rings (SSSR count). The first-order valence-corrected chi connectivity index (χ1v) is 15.3. The van der Waals surface area contributed by atoms with E-state index in [1.165, 1.54) is 6.20 Å². The molecule has 4 heterocycles. The highest BCUT2D eigenvalue weighted by Gasteiger charge is 2.72. The number of hydrogen-bond donors (Lipinski definition) is 2. The van der Waals surface area contributed by atoms with Gasteiger partial charge in [-0.2, -0.15) is 0 Å². The second-order valence-electron chi connectivity index (χ2n) is 13.3. The number of ketones is 1. The molecule has 2 aliphatic carbocycles. The number of aliphatic hydroxyl groups excluding tert-OH is 1. The Labute approximate surface area is 249 Å². The second kappa shape index (κ2) is 10.5. The molecule has 2 saturated carbocycles. The SMILES string of the molecule is CC1(C)CCC2(CC1)C[C@@H](C(=O)C[C@@H]1CC[C@@H](CO)OC1)[C@H](c1ccnc(Cl)c1F)[C@]21C(=O)Nc2nc(Cl)ccc21. The quantitative estimate of drug-likeness (QED) is 0.392. The predicted octanol–water partition coefficient (Wildman–Crippen LogP) is 6.25. The van der Waals surface area contributed by atoms with E-state index in [1.807, 2.05) is 6.07 Å². The lowest BCUT2D eigenvalue weighted by atomic mass is 9.51. The van der Waals surface area contributed by atoms with Gasteiger partial charge in [0.25, 0.3) is 0 Å². The highest BCUT2D eigenvalue weighted by atomic mass is 35.5. The van der Waals surface area contributed by atoms with Crippen LogP contribution in [0.5, 0.6) is 0 Å². The van der Waals surface area contributed by atoms with Crippen molar-refractivity contribution in [2.75, 3.05) is 18.5 Å². The van der Waals surface area contributed by atoms with Gasteiger partial charge >= 0.3 is 0 Å². The van der Waals surface area contributed by atoms with Crippen molar-refractivity contribution < 1.29 is 23.8 Å². The second-order valence-corrected chi connectivity index (χ2v) is 14.0. The van der Waals surface area contributed by atoms with Gasteiger partial charge in [0.2, 0.25) is 5.91 Å². The molecule has 2 aromatic heterocycles. The first-order chi connectivity index (χ1) is 19.5. The molecule has 0 radical (unpaired) electrons. The van der Waals surface area contributed by atoms with Crippen LogP contribution in [0.1, 0.15) is 82.3 Å². The largest absolute Gasteiger partial charge is 0.394 e. The smallest absolute Gasteiger partial charge is 0.237 e. The normalized spacial score (nSPS) is 31.8. The molecule has 3 fully saturated rings. The molecule has 4 aliphatic rings. The third kappa shape index (κ3) is 4.60. The van der Waals surface area contributed by atoms with Gasteiger partial charge in [-0.25, -0.2) is 14.4 Å². The van der Waals surface area contributed by atoms with Crippen LogP contribution in [0.4, 0.5) is 10.2 Å². The van der Waals surface area contributed by atoms with Crippen molar-refractivity contribution in [2.24, 2.45) is 22.7 Å². The van der Waals surface area contributed by atoms with E-state index in [9.17, 15) is 14.7 Å². The van der Waals surface area contributed by atoms with Gasteiger partial charge in [0, 0.05) is 30.0 Å². The molecular weight excluding hydrogens is 568 g/mol. The molecule has 41 heavy (non-hydrogen) atoms. The molecule has 5 atom stereocenters. The fourth-order valence-electron chi connectivity index (χ4n) is 8.37. The van der Waals surface area contributed by atoms with Gasteiger partial charge in [-0.15, -0.1) is 0 Å². The average molecular weight is 605 g/mol. The van der Waals surface area contributed by atoms with Gasteiger partial charge in [-0.05, 0) is 79.4 Å². The van der Waals surface area contributed by atoms with E-state index in [-0.39, 0.29) is 58.0 Å². The number of aromatic nitrogens is 2. The number of fused-ring (bicyclic) bond motifs is 3. The highest BCUT2D eigenvalue weighted by Crippen LogP contribution is 2.72. The summed E-state index contributed by atoms with van der Waals surface area (Å²) in [5.74, 6) is -1.99. The lowest BCUT2D eigenvalue weighted by molar-refractivity contribution is -0.127. The average Bonchev–Trinajstić information content (AvgIpc) is 3.40. The summed E-state index contributed by atoms with van der Waals surface area (Å²) in [4.78, 5) is 37.3. The number of Topliss-reactive ketones (excluding diaryl/α,β-unsaturated/α-hetero) is 1. The number of aliphatic hydroxyl groups is 1. The Morgan fingerprint density at radius 1 is 1.17 bits per heavy atom. The molecule has 1 saturated heterocycles. The van der Waals surface area contributed by atoms with Gasteiger partial charge in [0.05, 0.1) is 24.7 Å². The van der Waals surface area contributed by atoms with E-state index < -0.39 is 28.5 Å². The summed E-state index contributed by atoms with van der Waals surface area (Å²) in [5, 5.41) is 12.4. The summed E-state index contributed by atoms with van der Waals surface area (Å²) < 4.78 is 21.8. The molecule has 0 unspecified atom stereocenters. The summed E-state index contributed by atoms with van der Waals surface area (Å²) in [7, 11) is 0. The number of carbonyl (C=O) groups is 2. The van der Waals surface area contributed by atoms with Gasteiger partial charge in [-0.1, -0.05) is 43.1 Å². The van der Waals surface area contributed by atoms with Crippen LogP contribution in [0.15, 0.2) is 24.4 Å². The molecule has 10 heteroatoms. The number of carbonyl (C=O) groups excluding carboxylic acids is 2. The summed E-state index contributed by atoms with van der Waals surface area (Å²) in [6, 6.07) is 5.07. The Balaban J connectivity index is 1.51. The molecule has 220 valence electrons. The number of halogens is 3. The Morgan fingerprint density at radius 2 is 1.93 bits per heavy atom. The van der Waals surface area contributed by atoms with Crippen molar-refractivity contribution in [3.05, 3.63) is 51.6 Å². The van der Waals surface area contributed by atoms with Crippen molar-refractivity contribution in [1.29, 1.82) is 0 Å². The standard InChI is InChI=1S/C31H36Cl2FN3O4/c1-29(2)8-10-30(11-9-29)14-20(22(39)13-17-3-4-18(15-38)41-16-17)24(19-7-12-35-26(33)25(19)34)31(30)21-5-6-23(32)36-27(21)37-28(31)40/h5-7,12,17-18,20,24,38H,3-4,8-11,13-16H2,1-2H3,(H,36,37,40)/t17-,18-,20-,24-,31+/m0/s1. The van der Waals surface area contributed by atoms with Crippen LogP contribution in [-0.4, -0.2) is 46.1 Å². The summed E-state index contributed by atoms with van der Waals surface area (Å²) >= 11 is 12.5. The molecular formula is C31H36Cl2FN3O4. The van der Waals surface area contributed by atoms with Crippen LogP contribution in [0, 0.1) is 28.5 Å². The Bertz CT molecular complexity index is 1370. The van der Waals surface area contributed by atoms with E-state index in [2.05, 4.69) is 29.1 Å². The monoisotopic (exact) mass is 603 g/mol. The number of ether oxygens (including phenoxy) is 1. The summed E-state index contributed by atoms with van der Waals surface area (Å²) in [6.45, 7) is 4.81.